The molecular formula is C11H10ClF3N2O3. The lowest BCUT2D eigenvalue weighted by molar-refractivity contribution is -0.274. The Kier molecular flexibility index (Phi) is 5.20. The van der Waals surface area contributed by atoms with Crippen molar-refractivity contribution in [2.45, 2.75) is 18.7 Å². The number of nitrogens with one attached hydrogen (secondary N) is 2. The van der Waals surface area contributed by atoms with Gasteiger partial charge in [-0.3, -0.25) is 10.1 Å². The molecule has 1 aromatic rings. The Balaban J connectivity index is 2.57. The van der Waals surface area contributed by atoms with E-state index < -0.39 is 29.4 Å². The third kappa shape index (κ3) is 5.79. The fraction of sp³-hybridized carbons (Fsp3) is 0.273. The van der Waals surface area contributed by atoms with Crippen LogP contribution in [0.15, 0.2) is 24.3 Å². The van der Waals surface area contributed by atoms with Crippen LogP contribution in [0.4, 0.5) is 23.7 Å². The van der Waals surface area contributed by atoms with Gasteiger partial charge in [-0.25, -0.2) is 4.79 Å². The minimum absolute atomic E-state index is 0.187. The van der Waals surface area contributed by atoms with E-state index in [9.17, 15) is 22.8 Å². The van der Waals surface area contributed by atoms with Gasteiger partial charge in [0.05, 0.1) is 0 Å². The molecule has 0 aromatic heterocycles. The summed E-state index contributed by atoms with van der Waals surface area (Å²) in [6, 6.07) is 3.58. The van der Waals surface area contributed by atoms with Crippen LogP contribution in [0.25, 0.3) is 0 Å². The molecule has 0 spiro atoms. The van der Waals surface area contributed by atoms with Gasteiger partial charge in [0, 0.05) is 5.69 Å². The third-order valence-electron chi connectivity index (χ3n) is 1.94. The molecule has 20 heavy (non-hydrogen) atoms. The van der Waals surface area contributed by atoms with E-state index in [4.69, 9.17) is 11.6 Å². The average Bonchev–Trinajstić information content (AvgIpc) is 2.29. The first-order valence-electron chi connectivity index (χ1n) is 5.29. The van der Waals surface area contributed by atoms with Crippen LogP contribution < -0.4 is 15.4 Å². The topological polar surface area (TPSA) is 67.4 Å². The molecule has 1 atom stereocenters. The highest BCUT2D eigenvalue weighted by molar-refractivity contribution is 6.31. The Morgan fingerprint density at radius 1 is 1.25 bits per heavy atom. The highest BCUT2D eigenvalue weighted by Crippen LogP contribution is 2.23. The van der Waals surface area contributed by atoms with Crippen LogP contribution in [0.1, 0.15) is 6.92 Å². The zero-order chi connectivity index (χ0) is 15.3. The molecule has 1 unspecified atom stereocenters. The van der Waals surface area contributed by atoms with Crippen molar-refractivity contribution in [1.82, 2.24) is 5.32 Å². The number of imide groups is 1. The molecule has 0 aliphatic rings. The highest BCUT2D eigenvalue weighted by atomic mass is 35.5. The summed E-state index contributed by atoms with van der Waals surface area (Å²) in [5, 5.41) is 3.31. The van der Waals surface area contributed by atoms with Gasteiger partial charge >= 0.3 is 12.4 Å². The highest BCUT2D eigenvalue weighted by Gasteiger charge is 2.30. The number of anilines is 1. The largest absolute Gasteiger partial charge is 0.573 e. The van der Waals surface area contributed by atoms with E-state index in [0.29, 0.717) is 0 Å². The van der Waals surface area contributed by atoms with Gasteiger partial charge in [-0.1, -0.05) is 0 Å². The van der Waals surface area contributed by atoms with Crippen molar-refractivity contribution in [3.05, 3.63) is 24.3 Å². The molecule has 2 N–H and O–H groups in total. The van der Waals surface area contributed by atoms with Gasteiger partial charge in [-0.15, -0.1) is 24.8 Å². The minimum Gasteiger partial charge on any atom is -0.406 e. The molecule has 0 bridgehead atoms. The molecule has 0 radical (unpaired) electrons. The summed E-state index contributed by atoms with van der Waals surface area (Å²) in [6.07, 6.45) is -4.78. The van der Waals surface area contributed by atoms with Gasteiger partial charge in [-0.05, 0) is 31.2 Å². The number of benzene rings is 1. The predicted octanol–water partition coefficient (Wildman–Crippen LogP) is 2.86. The van der Waals surface area contributed by atoms with Crippen LogP contribution in [-0.4, -0.2) is 23.7 Å². The Morgan fingerprint density at radius 2 is 1.80 bits per heavy atom. The molecule has 0 saturated carbocycles. The standard InChI is InChI=1S/C11H10ClF3N2O3/c1-6(12)9(18)17-10(19)16-7-2-4-8(5-3-7)20-11(13,14)15/h2-6H,1H3,(H2,16,17,18,19). The lowest BCUT2D eigenvalue weighted by Gasteiger charge is -2.10. The van der Waals surface area contributed by atoms with E-state index in [2.05, 4.69) is 10.1 Å². The summed E-state index contributed by atoms with van der Waals surface area (Å²) in [5.74, 6) is -1.12. The van der Waals surface area contributed by atoms with Crippen LogP contribution in [0.3, 0.4) is 0 Å². The number of alkyl halides is 4. The van der Waals surface area contributed by atoms with Gasteiger partial charge in [0.15, 0.2) is 0 Å². The van der Waals surface area contributed by atoms with Crippen LogP contribution in [0.2, 0.25) is 0 Å². The van der Waals surface area contributed by atoms with Crippen LogP contribution in [-0.2, 0) is 4.79 Å². The third-order valence-corrected chi connectivity index (χ3v) is 2.14. The fourth-order valence-electron chi connectivity index (χ4n) is 1.11. The fourth-order valence-corrected chi connectivity index (χ4v) is 1.17. The summed E-state index contributed by atoms with van der Waals surface area (Å²) in [7, 11) is 0. The average molecular weight is 311 g/mol. The summed E-state index contributed by atoms with van der Waals surface area (Å²) in [5.41, 5.74) is 0.187. The molecule has 5 nitrogen and oxygen atoms in total. The SMILES string of the molecule is CC(Cl)C(=O)NC(=O)Nc1ccc(OC(F)(F)F)cc1. The van der Waals surface area contributed by atoms with Crippen molar-refractivity contribution < 1.29 is 27.5 Å². The maximum absolute atomic E-state index is 11.9. The van der Waals surface area contributed by atoms with Crippen molar-refractivity contribution in [1.29, 1.82) is 0 Å². The number of hydrogen-bond donors (Lipinski definition) is 2. The predicted molar refractivity (Wildman–Crippen MR) is 65.6 cm³/mol. The van der Waals surface area contributed by atoms with E-state index in [1.165, 1.54) is 19.1 Å². The summed E-state index contributed by atoms with van der Waals surface area (Å²) < 4.78 is 39.4. The Hall–Kier alpha value is -1.96. The summed E-state index contributed by atoms with van der Waals surface area (Å²) in [4.78, 5) is 22.4. The molecule has 9 heteroatoms. The van der Waals surface area contributed by atoms with Crippen molar-refractivity contribution in [3.8, 4) is 5.75 Å². The van der Waals surface area contributed by atoms with E-state index in [-0.39, 0.29) is 5.69 Å². The van der Waals surface area contributed by atoms with E-state index >= 15 is 0 Å². The smallest absolute Gasteiger partial charge is 0.406 e. The first kappa shape index (κ1) is 16.1. The van der Waals surface area contributed by atoms with E-state index in [1.807, 2.05) is 5.32 Å². The first-order chi connectivity index (χ1) is 9.17. The molecule has 0 heterocycles. The number of halogens is 4. The lowest BCUT2D eigenvalue weighted by atomic mass is 10.3. The normalized spacial score (nSPS) is 12.4. The molecule has 110 valence electrons. The molecule has 1 aromatic carbocycles. The van der Waals surface area contributed by atoms with Crippen molar-refractivity contribution >= 4 is 29.2 Å². The second kappa shape index (κ2) is 6.47. The van der Waals surface area contributed by atoms with Gasteiger partial charge in [0.2, 0.25) is 5.91 Å². The maximum atomic E-state index is 11.9. The molecule has 3 amide bonds. The second-order valence-electron chi connectivity index (χ2n) is 3.63. The molecule has 0 saturated heterocycles. The van der Waals surface area contributed by atoms with Crippen molar-refractivity contribution in [3.63, 3.8) is 0 Å². The number of carbonyl (C=O) groups is 2. The van der Waals surface area contributed by atoms with Crippen LogP contribution in [0, 0.1) is 0 Å². The first-order valence-corrected chi connectivity index (χ1v) is 5.73. The molecular weight excluding hydrogens is 301 g/mol. The minimum atomic E-state index is -4.78. The number of urea groups is 1. The van der Waals surface area contributed by atoms with Gasteiger partial charge in [-0.2, -0.15) is 0 Å². The van der Waals surface area contributed by atoms with Crippen LogP contribution in [0.5, 0.6) is 5.75 Å². The maximum Gasteiger partial charge on any atom is 0.573 e. The Labute approximate surface area is 117 Å². The quantitative estimate of drug-likeness (QED) is 0.844. The van der Waals surface area contributed by atoms with Gasteiger partial charge in [0.1, 0.15) is 11.1 Å². The lowest BCUT2D eigenvalue weighted by Crippen LogP contribution is -2.38. The molecule has 0 aliphatic carbocycles. The zero-order valence-electron chi connectivity index (χ0n) is 10.1. The van der Waals surface area contributed by atoms with Crippen LogP contribution >= 0.6 is 11.6 Å². The number of rotatable bonds is 3. The van der Waals surface area contributed by atoms with E-state index in [0.717, 1.165) is 12.1 Å². The molecule has 1 rings (SSSR count). The zero-order valence-corrected chi connectivity index (χ0v) is 10.9. The number of ether oxygens (including phenoxy) is 1. The van der Waals surface area contributed by atoms with Gasteiger partial charge in [0.25, 0.3) is 0 Å². The summed E-state index contributed by atoms with van der Waals surface area (Å²) >= 11 is 5.44. The second-order valence-corrected chi connectivity index (χ2v) is 4.29. The molecule has 0 fully saturated rings. The van der Waals surface area contributed by atoms with Crippen molar-refractivity contribution in [2.75, 3.05) is 5.32 Å². The Bertz CT molecular complexity index is 489. The van der Waals surface area contributed by atoms with E-state index in [1.54, 1.807) is 0 Å². The van der Waals surface area contributed by atoms with Gasteiger partial charge < -0.3 is 10.1 Å². The number of carbonyl (C=O) groups excluding carboxylic acids is 2. The number of amides is 3. The monoisotopic (exact) mass is 310 g/mol. The molecule has 0 aliphatic heterocycles. The van der Waals surface area contributed by atoms with Crippen molar-refractivity contribution in [2.24, 2.45) is 0 Å². The Morgan fingerprint density at radius 3 is 2.25 bits per heavy atom. The summed E-state index contributed by atoms with van der Waals surface area (Å²) in [6.45, 7) is 1.38. The number of hydrogen-bond acceptors (Lipinski definition) is 3.